The number of methoxy groups -OCH3 is 1. The molecule has 1 N–H and O–H groups in total. The summed E-state index contributed by atoms with van der Waals surface area (Å²) in [7, 11) is 1.51. The fourth-order valence-electron chi connectivity index (χ4n) is 5.80. The quantitative estimate of drug-likeness (QED) is 0.558. The highest BCUT2D eigenvalue weighted by Crippen LogP contribution is 2.36. The lowest BCUT2D eigenvalue weighted by Gasteiger charge is -2.38. The third-order valence-electron chi connectivity index (χ3n) is 7.79. The second-order valence-electron chi connectivity index (χ2n) is 10.1. The van der Waals surface area contributed by atoms with Crippen molar-refractivity contribution in [1.82, 2.24) is 30.0 Å². The van der Waals surface area contributed by atoms with Gasteiger partial charge < -0.3 is 19.7 Å². The maximum atomic E-state index is 15.6. The number of carbonyl (C=O) groups excluding carboxylic acids is 1. The van der Waals surface area contributed by atoms with Crippen LogP contribution in [0, 0.1) is 6.92 Å². The Kier molecular flexibility index (Phi) is 6.41. The number of hydrogen-bond donors (Lipinski definition) is 1. The molecule has 5 heterocycles. The number of likely N-dealkylation sites (tertiary alicyclic amines) is 1. The van der Waals surface area contributed by atoms with Crippen LogP contribution in [0.5, 0.6) is 6.01 Å². The average Bonchev–Trinajstić information content (AvgIpc) is 3.58. The number of rotatable bonds is 5. The number of aryl methyl sites for hydroxylation is 1. The zero-order valence-corrected chi connectivity index (χ0v) is 21.2. The second kappa shape index (κ2) is 9.86. The van der Waals surface area contributed by atoms with E-state index in [0.717, 1.165) is 48.0 Å². The van der Waals surface area contributed by atoms with Crippen LogP contribution in [0.2, 0.25) is 0 Å². The number of carbonyl (C=O) groups is 1. The number of halogens is 1. The van der Waals surface area contributed by atoms with Crippen molar-refractivity contribution in [3.05, 3.63) is 35.5 Å². The molecular weight excluding hydrogens is 477 g/mol. The lowest BCUT2D eigenvalue weighted by atomic mass is 9.84. The number of piperidine rings is 1. The SMILES string of the molecule is COc1nc(N2CCNC(=O)C2)cc(-n2ncc3cc(C)c(C4CCN(C5CCOC5)CC4F)cc32)n1. The van der Waals surface area contributed by atoms with Crippen LogP contribution in [-0.4, -0.2) is 95.8 Å². The topological polar surface area (TPSA) is 97.6 Å². The van der Waals surface area contributed by atoms with Gasteiger partial charge in [-0.1, -0.05) is 0 Å². The minimum Gasteiger partial charge on any atom is -0.467 e. The number of nitrogens with zero attached hydrogens (tertiary/aromatic N) is 6. The van der Waals surface area contributed by atoms with Gasteiger partial charge in [0.15, 0.2) is 5.82 Å². The van der Waals surface area contributed by atoms with Crippen LogP contribution < -0.4 is 15.0 Å². The van der Waals surface area contributed by atoms with Crippen molar-refractivity contribution in [3.8, 4) is 11.8 Å². The molecule has 3 aliphatic rings. The lowest BCUT2D eigenvalue weighted by molar-refractivity contribution is -0.120. The Morgan fingerprint density at radius 3 is 2.78 bits per heavy atom. The Hall–Kier alpha value is -3.31. The van der Waals surface area contributed by atoms with Gasteiger partial charge in [0.2, 0.25) is 5.91 Å². The summed E-state index contributed by atoms with van der Waals surface area (Å²) in [5.41, 5.74) is 2.93. The van der Waals surface area contributed by atoms with E-state index in [2.05, 4.69) is 37.4 Å². The number of piperazine rings is 1. The Morgan fingerprint density at radius 2 is 2.03 bits per heavy atom. The van der Waals surface area contributed by atoms with Crippen molar-refractivity contribution >= 4 is 22.6 Å². The molecule has 1 aromatic carbocycles. The normalized spacial score (nSPS) is 25.0. The van der Waals surface area contributed by atoms with Crippen molar-refractivity contribution < 1.29 is 18.7 Å². The van der Waals surface area contributed by atoms with Gasteiger partial charge in [0, 0.05) is 49.7 Å². The first-order chi connectivity index (χ1) is 18.0. The zero-order chi connectivity index (χ0) is 25.5. The molecule has 3 atom stereocenters. The summed E-state index contributed by atoms with van der Waals surface area (Å²) in [5.74, 6) is 0.904. The minimum absolute atomic E-state index is 0.0534. The smallest absolute Gasteiger partial charge is 0.320 e. The molecule has 3 unspecified atom stereocenters. The van der Waals surface area contributed by atoms with Crippen LogP contribution in [0.15, 0.2) is 24.4 Å². The number of fused-ring (bicyclic) bond motifs is 1. The summed E-state index contributed by atoms with van der Waals surface area (Å²) in [5, 5.41) is 8.39. The van der Waals surface area contributed by atoms with Gasteiger partial charge >= 0.3 is 6.01 Å². The third kappa shape index (κ3) is 4.61. The Morgan fingerprint density at radius 1 is 1.16 bits per heavy atom. The summed E-state index contributed by atoms with van der Waals surface area (Å²) in [4.78, 5) is 25.1. The predicted molar refractivity (Wildman–Crippen MR) is 136 cm³/mol. The number of anilines is 1. The molecule has 3 aromatic rings. The third-order valence-corrected chi connectivity index (χ3v) is 7.79. The Labute approximate surface area is 214 Å². The number of ether oxygens (including phenoxy) is 2. The fourth-order valence-corrected chi connectivity index (χ4v) is 5.80. The molecule has 196 valence electrons. The fraction of sp³-hybridized carbons (Fsp3) is 0.538. The van der Waals surface area contributed by atoms with E-state index in [9.17, 15) is 4.79 Å². The van der Waals surface area contributed by atoms with Gasteiger partial charge in [-0.15, -0.1) is 0 Å². The summed E-state index contributed by atoms with van der Waals surface area (Å²) in [6.45, 7) is 6.21. The van der Waals surface area contributed by atoms with Crippen molar-refractivity contribution in [2.24, 2.45) is 0 Å². The number of benzene rings is 1. The molecule has 3 saturated heterocycles. The molecule has 11 heteroatoms. The number of alkyl halides is 1. The average molecular weight is 510 g/mol. The van der Waals surface area contributed by atoms with Crippen LogP contribution in [0.1, 0.15) is 29.9 Å². The standard InChI is InChI=1S/C26H32FN7O3/c1-16-9-17-12-29-34(24-11-23(30-26(31-24)36-2)33-7-5-28-25(35)14-33)22(17)10-20(16)19-3-6-32(13-21(19)27)18-4-8-37-15-18/h9-12,18-19,21H,3-8,13-15H2,1-2H3,(H,28,35). The van der Waals surface area contributed by atoms with E-state index in [1.807, 2.05) is 17.9 Å². The molecular formula is C26H32FN7O3. The van der Waals surface area contributed by atoms with Gasteiger partial charge in [0.1, 0.15) is 12.0 Å². The molecule has 3 aliphatic heterocycles. The highest BCUT2D eigenvalue weighted by Gasteiger charge is 2.35. The van der Waals surface area contributed by atoms with E-state index < -0.39 is 6.17 Å². The molecule has 37 heavy (non-hydrogen) atoms. The minimum atomic E-state index is -0.946. The van der Waals surface area contributed by atoms with Gasteiger partial charge in [0.25, 0.3) is 0 Å². The molecule has 0 saturated carbocycles. The van der Waals surface area contributed by atoms with Crippen LogP contribution in [-0.2, 0) is 9.53 Å². The number of amides is 1. The second-order valence-corrected chi connectivity index (χ2v) is 10.1. The van der Waals surface area contributed by atoms with E-state index in [-0.39, 0.29) is 24.4 Å². The molecule has 10 nitrogen and oxygen atoms in total. The number of nitrogens with one attached hydrogen (secondary N) is 1. The molecule has 1 amide bonds. The van der Waals surface area contributed by atoms with Crippen LogP contribution in [0.25, 0.3) is 16.7 Å². The summed E-state index contributed by atoms with van der Waals surface area (Å²) < 4.78 is 28.2. The van der Waals surface area contributed by atoms with Gasteiger partial charge in [-0.2, -0.15) is 15.1 Å². The summed E-state index contributed by atoms with van der Waals surface area (Å²) in [6.07, 6.45) is 2.59. The Bertz CT molecular complexity index is 1310. The molecule has 3 fully saturated rings. The first-order valence-corrected chi connectivity index (χ1v) is 12.9. The number of aromatic nitrogens is 4. The molecule has 0 aliphatic carbocycles. The van der Waals surface area contributed by atoms with Gasteiger partial charge in [0.05, 0.1) is 32.0 Å². The van der Waals surface area contributed by atoms with Crippen molar-refractivity contribution in [2.75, 3.05) is 57.9 Å². The van der Waals surface area contributed by atoms with E-state index in [1.54, 1.807) is 10.9 Å². The molecule has 0 radical (unpaired) electrons. The molecule has 2 aromatic heterocycles. The Balaban J connectivity index is 1.33. The van der Waals surface area contributed by atoms with Crippen molar-refractivity contribution in [1.29, 1.82) is 0 Å². The maximum Gasteiger partial charge on any atom is 0.320 e. The van der Waals surface area contributed by atoms with Gasteiger partial charge in [-0.25, -0.2) is 9.07 Å². The summed E-state index contributed by atoms with van der Waals surface area (Å²) >= 11 is 0. The maximum absolute atomic E-state index is 15.6. The molecule has 6 rings (SSSR count). The summed E-state index contributed by atoms with van der Waals surface area (Å²) in [6, 6.07) is 6.48. The van der Waals surface area contributed by atoms with E-state index >= 15 is 4.39 Å². The lowest BCUT2D eigenvalue weighted by Crippen LogP contribution is -2.48. The van der Waals surface area contributed by atoms with Crippen LogP contribution >= 0.6 is 0 Å². The largest absolute Gasteiger partial charge is 0.467 e. The van der Waals surface area contributed by atoms with Crippen molar-refractivity contribution in [2.45, 2.75) is 37.9 Å². The zero-order valence-electron chi connectivity index (χ0n) is 21.2. The predicted octanol–water partition coefficient (Wildman–Crippen LogP) is 1.99. The van der Waals surface area contributed by atoms with Crippen LogP contribution in [0.3, 0.4) is 0 Å². The van der Waals surface area contributed by atoms with Gasteiger partial charge in [-0.05, 0) is 49.6 Å². The molecule has 0 bridgehead atoms. The highest BCUT2D eigenvalue weighted by atomic mass is 19.1. The highest BCUT2D eigenvalue weighted by molar-refractivity contribution is 5.83. The van der Waals surface area contributed by atoms with Gasteiger partial charge in [-0.3, -0.25) is 9.69 Å². The monoisotopic (exact) mass is 509 g/mol. The van der Waals surface area contributed by atoms with Crippen LogP contribution in [0.4, 0.5) is 10.2 Å². The van der Waals surface area contributed by atoms with Crippen molar-refractivity contribution in [3.63, 3.8) is 0 Å². The first kappa shape index (κ1) is 24.1. The molecule has 0 spiro atoms. The van der Waals surface area contributed by atoms with E-state index in [0.29, 0.717) is 43.9 Å². The number of hydrogen-bond acceptors (Lipinski definition) is 8. The van der Waals surface area contributed by atoms with E-state index in [4.69, 9.17) is 9.47 Å². The first-order valence-electron chi connectivity index (χ1n) is 12.9. The van der Waals surface area contributed by atoms with E-state index in [1.165, 1.54) is 7.11 Å².